The van der Waals surface area contributed by atoms with Gasteiger partial charge in [-0.2, -0.15) is 0 Å². The Labute approximate surface area is 253 Å². The molecule has 0 bridgehead atoms. The van der Waals surface area contributed by atoms with Crippen LogP contribution in [0.1, 0.15) is 105 Å². The number of rotatable bonds is 4. The number of hydrogen-bond donors (Lipinski definition) is 4. The van der Waals surface area contributed by atoms with Gasteiger partial charge in [0.05, 0.1) is 23.7 Å². The highest BCUT2D eigenvalue weighted by atomic mass is 16.3. The van der Waals surface area contributed by atoms with Gasteiger partial charge in [-0.05, 0) is 104 Å². The first kappa shape index (κ1) is 30.3. The summed E-state index contributed by atoms with van der Waals surface area (Å²) in [5, 5.41) is 37.3. The van der Waals surface area contributed by atoms with Crippen LogP contribution in [0.3, 0.4) is 0 Å². The fourth-order valence-corrected chi connectivity index (χ4v) is 11.9. The first-order valence-electron chi connectivity index (χ1n) is 16.7. The molecule has 0 heterocycles. The van der Waals surface area contributed by atoms with Crippen LogP contribution in [0.5, 0.6) is 0 Å². The van der Waals surface area contributed by atoms with E-state index in [0.717, 1.165) is 63.4 Å². The van der Waals surface area contributed by atoms with Crippen LogP contribution in [0.2, 0.25) is 0 Å². The molecular weight excluding hydrogens is 522 g/mol. The molecule has 5 heteroatoms. The van der Waals surface area contributed by atoms with Crippen molar-refractivity contribution in [3.8, 4) is 0 Å². The van der Waals surface area contributed by atoms with E-state index in [2.05, 4.69) is 58.1 Å². The molecule has 0 aliphatic heterocycles. The van der Waals surface area contributed by atoms with Crippen molar-refractivity contribution in [3.05, 3.63) is 47.5 Å². The molecule has 1 aromatic rings. The molecule has 0 saturated heterocycles. The summed E-state index contributed by atoms with van der Waals surface area (Å²) in [6.45, 7) is 14.2. The molecule has 42 heavy (non-hydrogen) atoms. The fraction of sp³-hybridized carbons (Fsp3) is 0.757. The summed E-state index contributed by atoms with van der Waals surface area (Å²) in [6.07, 6.45) is 10.1. The van der Waals surface area contributed by atoms with Crippen LogP contribution < -0.4 is 5.32 Å². The minimum Gasteiger partial charge on any atom is -0.396 e. The Kier molecular flexibility index (Phi) is 7.16. The Morgan fingerprint density at radius 2 is 1.64 bits per heavy atom. The lowest BCUT2D eigenvalue weighted by Gasteiger charge is -2.72. The van der Waals surface area contributed by atoms with E-state index in [4.69, 9.17) is 0 Å². The fourth-order valence-electron chi connectivity index (χ4n) is 11.9. The van der Waals surface area contributed by atoms with Gasteiger partial charge in [-0.25, -0.2) is 0 Å². The highest BCUT2D eigenvalue weighted by Gasteiger charge is 2.71. The largest absolute Gasteiger partial charge is 0.396 e. The van der Waals surface area contributed by atoms with Crippen LogP contribution >= 0.6 is 0 Å². The van der Waals surface area contributed by atoms with Crippen LogP contribution in [0.4, 0.5) is 0 Å². The molecule has 11 atom stereocenters. The Morgan fingerprint density at radius 3 is 2.33 bits per heavy atom. The summed E-state index contributed by atoms with van der Waals surface area (Å²) in [7, 11) is 0. The van der Waals surface area contributed by atoms with Crippen LogP contribution in [0, 0.1) is 50.7 Å². The van der Waals surface area contributed by atoms with Crippen molar-refractivity contribution in [2.45, 2.75) is 118 Å². The maximum absolute atomic E-state index is 14.3. The van der Waals surface area contributed by atoms with E-state index in [1.165, 1.54) is 5.57 Å². The van der Waals surface area contributed by atoms with Crippen molar-refractivity contribution in [1.29, 1.82) is 0 Å². The van der Waals surface area contributed by atoms with E-state index in [-0.39, 0.29) is 46.5 Å². The SMILES string of the molecule is C[C@@H]1CC[C@]2(C(=O)NCc3ccccc3)CC[C@]3(C)C(=CC[C@@H]4[C@@]5(C)CC[C@H](O)[C@@](C)(CO)[C@@H]5CC[C@]43C)[C@@H]2[C@]1(C)O. The quantitative estimate of drug-likeness (QED) is 0.312. The highest BCUT2D eigenvalue weighted by molar-refractivity contribution is 5.84. The first-order chi connectivity index (χ1) is 19.7. The normalized spacial score (nSPS) is 49.9. The Morgan fingerprint density at radius 1 is 0.929 bits per heavy atom. The molecule has 4 saturated carbocycles. The lowest BCUT2D eigenvalue weighted by Crippen LogP contribution is -2.68. The number of aliphatic hydroxyl groups excluding tert-OH is 2. The molecule has 4 N–H and O–H groups in total. The molecule has 6 rings (SSSR count). The van der Waals surface area contributed by atoms with Gasteiger partial charge in [0.15, 0.2) is 0 Å². The summed E-state index contributed by atoms with van der Waals surface area (Å²) < 4.78 is 0. The monoisotopic (exact) mass is 577 g/mol. The van der Waals surface area contributed by atoms with Gasteiger partial charge in [0.2, 0.25) is 5.91 Å². The number of hydrogen-bond acceptors (Lipinski definition) is 4. The molecule has 5 nitrogen and oxygen atoms in total. The zero-order chi connectivity index (χ0) is 30.3. The van der Waals surface area contributed by atoms with Crippen LogP contribution in [-0.2, 0) is 11.3 Å². The van der Waals surface area contributed by atoms with Crippen molar-refractivity contribution in [1.82, 2.24) is 5.32 Å². The van der Waals surface area contributed by atoms with Crippen molar-refractivity contribution < 1.29 is 20.1 Å². The van der Waals surface area contributed by atoms with E-state index in [1.54, 1.807) is 0 Å². The Bertz CT molecular complexity index is 1240. The highest BCUT2D eigenvalue weighted by Crippen LogP contribution is 2.76. The van der Waals surface area contributed by atoms with Gasteiger partial charge in [0.1, 0.15) is 0 Å². The van der Waals surface area contributed by atoms with Crippen LogP contribution in [-0.4, -0.2) is 39.5 Å². The molecule has 5 aliphatic rings. The lowest BCUT2D eigenvalue weighted by atomic mass is 9.33. The molecular formula is C37H55NO4. The standard InChI is InChI=1S/C37H55NO4/c1-24-14-19-37(31(41)38-22-25-10-8-7-9-11-25)21-20-34(4)26(30(37)36(24,6)42)12-13-28-32(2)17-16-29(40)33(3,23-39)27(32)15-18-35(28,34)5/h7-12,24,27-30,39-40,42H,13-23H2,1-6H3,(H,38,41)/t24-,27-,28-,29+,30-,32+,33+,34-,35-,36-,37+/m1/s1. The number of benzene rings is 1. The van der Waals surface area contributed by atoms with Crippen LogP contribution in [0.15, 0.2) is 42.0 Å². The average molecular weight is 578 g/mol. The topological polar surface area (TPSA) is 89.8 Å². The van der Waals surface area contributed by atoms with Gasteiger partial charge >= 0.3 is 0 Å². The third kappa shape index (κ3) is 3.88. The molecule has 0 radical (unpaired) electrons. The minimum atomic E-state index is -0.968. The molecule has 0 aromatic heterocycles. The second-order valence-corrected chi connectivity index (χ2v) is 16.4. The third-order valence-electron chi connectivity index (χ3n) is 14.9. The van der Waals surface area contributed by atoms with E-state index in [9.17, 15) is 20.1 Å². The van der Waals surface area contributed by atoms with Crippen molar-refractivity contribution in [3.63, 3.8) is 0 Å². The predicted octanol–water partition coefficient (Wildman–Crippen LogP) is 6.41. The smallest absolute Gasteiger partial charge is 0.227 e. The van der Waals surface area contributed by atoms with Gasteiger partial charge < -0.3 is 20.6 Å². The number of amides is 1. The van der Waals surface area contributed by atoms with E-state index >= 15 is 0 Å². The molecule has 232 valence electrons. The van der Waals surface area contributed by atoms with Gasteiger partial charge in [0.25, 0.3) is 0 Å². The number of nitrogens with one attached hydrogen (secondary N) is 1. The van der Waals surface area contributed by atoms with E-state index < -0.39 is 22.5 Å². The number of carbonyl (C=O) groups excluding carboxylic acids is 1. The van der Waals surface area contributed by atoms with Crippen molar-refractivity contribution in [2.75, 3.05) is 6.61 Å². The zero-order valence-electron chi connectivity index (χ0n) is 26.9. The predicted molar refractivity (Wildman–Crippen MR) is 166 cm³/mol. The average Bonchev–Trinajstić information content (AvgIpc) is 2.96. The van der Waals surface area contributed by atoms with E-state index in [1.807, 2.05) is 25.1 Å². The van der Waals surface area contributed by atoms with Crippen LogP contribution in [0.25, 0.3) is 0 Å². The molecule has 5 aliphatic carbocycles. The third-order valence-corrected chi connectivity index (χ3v) is 14.9. The lowest BCUT2D eigenvalue weighted by molar-refractivity contribution is -0.222. The second kappa shape index (κ2) is 9.91. The van der Waals surface area contributed by atoms with Gasteiger partial charge in [0, 0.05) is 17.9 Å². The maximum Gasteiger partial charge on any atom is 0.227 e. The summed E-state index contributed by atoms with van der Waals surface area (Å²) in [5.41, 5.74) is 0.311. The number of fused-ring (bicyclic) bond motifs is 7. The van der Waals surface area contributed by atoms with E-state index in [0.29, 0.717) is 12.5 Å². The molecule has 1 amide bonds. The number of allylic oxidation sites excluding steroid dienone is 1. The van der Waals surface area contributed by atoms with Gasteiger partial charge in [-0.3, -0.25) is 4.79 Å². The molecule has 1 aromatic carbocycles. The molecule has 0 spiro atoms. The minimum absolute atomic E-state index is 0.0183. The Balaban J connectivity index is 1.40. The summed E-state index contributed by atoms with van der Waals surface area (Å²) >= 11 is 0. The van der Waals surface area contributed by atoms with Gasteiger partial charge in [-0.1, -0.05) is 76.6 Å². The van der Waals surface area contributed by atoms with Gasteiger partial charge in [-0.15, -0.1) is 0 Å². The maximum atomic E-state index is 14.3. The summed E-state index contributed by atoms with van der Waals surface area (Å²) in [5.74, 6) is 0.724. The molecule has 0 unspecified atom stereocenters. The summed E-state index contributed by atoms with van der Waals surface area (Å²) in [4.78, 5) is 14.3. The van der Waals surface area contributed by atoms with Crippen molar-refractivity contribution in [2.24, 2.45) is 50.7 Å². The number of aliphatic hydroxyl groups is 3. The first-order valence-corrected chi connectivity index (χ1v) is 16.7. The number of carbonyl (C=O) groups is 1. The van der Waals surface area contributed by atoms with Crippen molar-refractivity contribution >= 4 is 5.91 Å². The molecule has 4 fully saturated rings. The Hall–Kier alpha value is -1.69. The summed E-state index contributed by atoms with van der Waals surface area (Å²) in [6, 6.07) is 10.1. The zero-order valence-corrected chi connectivity index (χ0v) is 26.9. The second-order valence-electron chi connectivity index (χ2n) is 16.4.